The zero-order chi connectivity index (χ0) is 20.4. The van der Waals surface area contributed by atoms with Crippen molar-refractivity contribution in [2.75, 3.05) is 6.54 Å². The summed E-state index contributed by atoms with van der Waals surface area (Å²) in [6.07, 6.45) is 3.56. The van der Waals surface area contributed by atoms with Crippen LogP contribution in [0.2, 0.25) is 0 Å². The van der Waals surface area contributed by atoms with Crippen molar-refractivity contribution in [3.05, 3.63) is 76.1 Å². The van der Waals surface area contributed by atoms with Crippen LogP contribution < -0.4 is 5.32 Å². The number of nitro groups is 1. The predicted octanol–water partition coefficient (Wildman–Crippen LogP) is 3.34. The molecule has 1 amide bonds. The van der Waals surface area contributed by atoms with E-state index in [-0.39, 0.29) is 22.6 Å². The minimum atomic E-state index is -0.484. The Labute approximate surface area is 171 Å². The molecule has 9 heteroatoms. The number of carbonyl (C=O) groups excluding carboxylic acids is 1. The summed E-state index contributed by atoms with van der Waals surface area (Å²) in [7, 11) is 1.76. The van der Waals surface area contributed by atoms with Crippen LogP contribution in [0, 0.1) is 10.1 Å². The largest absolute Gasteiger partial charge is 0.351 e. The smallest absolute Gasteiger partial charge is 0.284 e. The van der Waals surface area contributed by atoms with Crippen molar-refractivity contribution in [2.45, 2.75) is 28.3 Å². The van der Waals surface area contributed by atoms with E-state index in [1.165, 1.54) is 18.0 Å². The molecule has 3 aromatic rings. The van der Waals surface area contributed by atoms with Gasteiger partial charge in [0.25, 0.3) is 11.6 Å². The fraction of sp³-hybridized carbons (Fsp3) is 0.250. The molecule has 0 bridgehead atoms. The lowest BCUT2D eigenvalue weighted by Gasteiger charge is -2.16. The summed E-state index contributed by atoms with van der Waals surface area (Å²) in [6.45, 7) is 0.513. The summed E-state index contributed by atoms with van der Waals surface area (Å²) in [5.41, 5.74) is 1.32. The van der Waals surface area contributed by atoms with Crippen LogP contribution in [0.5, 0.6) is 0 Å². The SMILES string of the molecule is Cn1cnnc1Sc1ccc(C(=O)NCC2(c3ccccc3)CC2)cc1[N+](=O)[O-]. The topological polar surface area (TPSA) is 103 Å². The van der Waals surface area contributed by atoms with Crippen LogP contribution in [0.15, 0.2) is 64.9 Å². The van der Waals surface area contributed by atoms with Crippen LogP contribution in [-0.4, -0.2) is 32.1 Å². The van der Waals surface area contributed by atoms with Gasteiger partial charge in [-0.25, -0.2) is 0 Å². The molecule has 29 heavy (non-hydrogen) atoms. The van der Waals surface area contributed by atoms with E-state index in [0.717, 1.165) is 24.6 Å². The maximum absolute atomic E-state index is 12.6. The highest BCUT2D eigenvalue weighted by atomic mass is 32.2. The first kappa shape index (κ1) is 19.1. The molecular formula is C20H19N5O3S. The summed E-state index contributed by atoms with van der Waals surface area (Å²) >= 11 is 1.14. The van der Waals surface area contributed by atoms with Crippen molar-refractivity contribution in [2.24, 2.45) is 7.05 Å². The lowest BCUT2D eigenvalue weighted by Crippen LogP contribution is -2.32. The zero-order valence-corrected chi connectivity index (χ0v) is 16.6. The number of aromatic nitrogens is 3. The molecule has 1 heterocycles. The average Bonchev–Trinajstić information content (AvgIpc) is 3.43. The van der Waals surface area contributed by atoms with Gasteiger partial charge in [-0.1, -0.05) is 30.3 Å². The molecule has 1 aliphatic carbocycles. The number of nitrogens with zero attached hydrogens (tertiary/aromatic N) is 4. The van der Waals surface area contributed by atoms with E-state index >= 15 is 0 Å². The van der Waals surface area contributed by atoms with Crippen LogP contribution >= 0.6 is 11.8 Å². The molecule has 1 aliphatic rings. The fourth-order valence-corrected chi connectivity index (χ4v) is 4.06. The minimum absolute atomic E-state index is 0.0240. The lowest BCUT2D eigenvalue weighted by molar-refractivity contribution is -0.387. The third kappa shape index (κ3) is 4.00. The normalized spacial score (nSPS) is 14.4. The molecule has 1 saturated carbocycles. The molecule has 1 fully saturated rings. The van der Waals surface area contributed by atoms with E-state index < -0.39 is 4.92 Å². The predicted molar refractivity (Wildman–Crippen MR) is 108 cm³/mol. The molecule has 0 saturated heterocycles. The van der Waals surface area contributed by atoms with E-state index in [4.69, 9.17) is 0 Å². The van der Waals surface area contributed by atoms with Crippen molar-refractivity contribution < 1.29 is 9.72 Å². The molecule has 1 aromatic heterocycles. The van der Waals surface area contributed by atoms with Gasteiger partial charge in [0, 0.05) is 30.6 Å². The quantitative estimate of drug-likeness (QED) is 0.474. The molecule has 0 spiro atoms. The standard InChI is InChI=1S/C20H19N5O3S/c1-24-13-22-23-19(24)29-17-8-7-14(11-16(17)25(27)28)18(26)21-12-20(9-10-20)15-5-3-2-4-6-15/h2-8,11,13H,9-10,12H2,1H3,(H,21,26). The van der Waals surface area contributed by atoms with Crippen molar-refractivity contribution in [3.8, 4) is 0 Å². The first-order chi connectivity index (χ1) is 14.0. The van der Waals surface area contributed by atoms with E-state index in [1.807, 2.05) is 18.2 Å². The zero-order valence-electron chi connectivity index (χ0n) is 15.7. The molecule has 0 aliphatic heterocycles. The van der Waals surface area contributed by atoms with Crippen LogP contribution in [0.3, 0.4) is 0 Å². The van der Waals surface area contributed by atoms with Crippen molar-refractivity contribution in [1.29, 1.82) is 0 Å². The third-order valence-electron chi connectivity index (χ3n) is 5.12. The number of benzene rings is 2. The van der Waals surface area contributed by atoms with E-state index in [2.05, 4.69) is 27.6 Å². The molecule has 1 N–H and O–H groups in total. The van der Waals surface area contributed by atoms with Gasteiger partial charge in [0.15, 0.2) is 5.16 Å². The first-order valence-electron chi connectivity index (χ1n) is 9.12. The maximum atomic E-state index is 12.6. The third-order valence-corrected chi connectivity index (χ3v) is 6.23. The Kier molecular flexibility index (Phi) is 5.06. The van der Waals surface area contributed by atoms with Gasteiger partial charge in [0.1, 0.15) is 6.33 Å². The van der Waals surface area contributed by atoms with E-state index in [1.54, 1.807) is 23.7 Å². The van der Waals surface area contributed by atoms with Crippen molar-refractivity contribution in [3.63, 3.8) is 0 Å². The number of amides is 1. The molecule has 0 radical (unpaired) electrons. The van der Waals surface area contributed by atoms with Gasteiger partial charge in [-0.3, -0.25) is 14.9 Å². The summed E-state index contributed by atoms with van der Waals surface area (Å²) in [5, 5.41) is 22.7. The Morgan fingerprint density at radius 2 is 2.03 bits per heavy atom. The summed E-state index contributed by atoms with van der Waals surface area (Å²) < 4.78 is 1.67. The van der Waals surface area contributed by atoms with Crippen molar-refractivity contribution in [1.82, 2.24) is 20.1 Å². The summed E-state index contributed by atoms with van der Waals surface area (Å²) in [6, 6.07) is 14.6. The first-order valence-corrected chi connectivity index (χ1v) is 9.94. The number of carbonyl (C=O) groups is 1. The second-order valence-electron chi connectivity index (χ2n) is 7.10. The van der Waals surface area contributed by atoms with Crippen LogP contribution in [0.25, 0.3) is 0 Å². The van der Waals surface area contributed by atoms with Gasteiger partial charge in [-0.15, -0.1) is 10.2 Å². The van der Waals surface area contributed by atoms with Gasteiger partial charge in [-0.2, -0.15) is 0 Å². The molecule has 0 atom stereocenters. The summed E-state index contributed by atoms with van der Waals surface area (Å²) in [5.74, 6) is -0.314. The van der Waals surface area contributed by atoms with Gasteiger partial charge >= 0.3 is 0 Å². The maximum Gasteiger partial charge on any atom is 0.284 e. The number of nitro benzene ring substituents is 1. The van der Waals surface area contributed by atoms with Gasteiger partial charge in [0.05, 0.1) is 9.82 Å². The highest BCUT2D eigenvalue weighted by Crippen LogP contribution is 2.47. The van der Waals surface area contributed by atoms with Gasteiger partial charge in [0.2, 0.25) is 0 Å². The number of hydrogen-bond acceptors (Lipinski definition) is 6. The minimum Gasteiger partial charge on any atom is -0.351 e. The molecule has 2 aromatic carbocycles. The number of aryl methyl sites for hydroxylation is 1. The summed E-state index contributed by atoms with van der Waals surface area (Å²) in [4.78, 5) is 24.1. The lowest BCUT2D eigenvalue weighted by atomic mass is 9.96. The van der Waals surface area contributed by atoms with Gasteiger partial charge < -0.3 is 9.88 Å². The Balaban J connectivity index is 1.49. The van der Waals surface area contributed by atoms with E-state index in [0.29, 0.717) is 16.6 Å². The monoisotopic (exact) mass is 409 g/mol. The molecule has 0 unspecified atom stereocenters. The Hall–Kier alpha value is -3.20. The molecule has 4 rings (SSSR count). The Morgan fingerprint density at radius 3 is 2.66 bits per heavy atom. The Bertz CT molecular complexity index is 1060. The highest BCUT2D eigenvalue weighted by molar-refractivity contribution is 7.99. The Morgan fingerprint density at radius 1 is 1.28 bits per heavy atom. The van der Waals surface area contributed by atoms with Crippen LogP contribution in [0.1, 0.15) is 28.8 Å². The highest BCUT2D eigenvalue weighted by Gasteiger charge is 2.44. The number of hydrogen-bond donors (Lipinski definition) is 1. The van der Waals surface area contributed by atoms with Crippen LogP contribution in [-0.2, 0) is 12.5 Å². The average molecular weight is 409 g/mol. The van der Waals surface area contributed by atoms with Gasteiger partial charge in [-0.05, 0) is 42.3 Å². The second kappa shape index (κ2) is 7.67. The molecule has 8 nitrogen and oxygen atoms in total. The number of nitrogens with one attached hydrogen (secondary N) is 1. The van der Waals surface area contributed by atoms with Crippen molar-refractivity contribution >= 4 is 23.4 Å². The second-order valence-corrected chi connectivity index (χ2v) is 8.10. The fourth-order valence-electron chi connectivity index (χ4n) is 3.21. The molecular weight excluding hydrogens is 390 g/mol. The molecule has 148 valence electrons. The van der Waals surface area contributed by atoms with E-state index in [9.17, 15) is 14.9 Å². The number of rotatable bonds is 7. The van der Waals surface area contributed by atoms with Crippen LogP contribution in [0.4, 0.5) is 5.69 Å².